The van der Waals surface area contributed by atoms with E-state index in [0.717, 1.165) is 5.69 Å². The highest BCUT2D eigenvalue weighted by molar-refractivity contribution is 7.87. The van der Waals surface area contributed by atoms with E-state index in [2.05, 4.69) is 16.0 Å². The van der Waals surface area contributed by atoms with Gasteiger partial charge in [-0.05, 0) is 12.1 Å². The lowest BCUT2D eigenvalue weighted by molar-refractivity contribution is 0.107. The molecule has 2 rings (SSSR count). The molecule has 0 amide bonds. The molecule has 0 spiro atoms. The number of hydrogen-bond acceptors (Lipinski definition) is 5. The summed E-state index contributed by atoms with van der Waals surface area (Å²) in [6.07, 6.45) is 0.288. The van der Waals surface area contributed by atoms with Crippen molar-refractivity contribution in [2.24, 2.45) is 0 Å². The van der Waals surface area contributed by atoms with Crippen LogP contribution in [0.5, 0.6) is 0 Å². The van der Waals surface area contributed by atoms with Gasteiger partial charge in [-0.25, -0.2) is 0 Å². The average molecular weight is 345 g/mol. The van der Waals surface area contributed by atoms with Crippen LogP contribution in [0.2, 0.25) is 0 Å². The Morgan fingerprint density at radius 2 is 1.50 bits per heavy atom. The summed E-state index contributed by atoms with van der Waals surface area (Å²) in [5.74, 6) is 0. The van der Waals surface area contributed by atoms with Gasteiger partial charge < -0.3 is 20.5 Å². The number of anilines is 3. The summed E-state index contributed by atoms with van der Waals surface area (Å²) >= 11 is 0. The maximum atomic E-state index is 13.6. The normalized spacial score (nSPS) is 13.0. The third-order valence-electron chi connectivity index (χ3n) is 4.13. The molecule has 0 saturated heterocycles. The molecule has 0 radical (unpaired) electrons. The van der Waals surface area contributed by atoms with Crippen LogP contribution >= 0.6 is 7.14 Å². The second kappa shape index (κ2) is 7.54. The van der Waals surface area contributed by atoms with Crippen LogP contribution in [0, 0.1) is 0 Å². The zero-order valence-corrected chi connectivity index (χ0v) is 15.4. The first-order chi connectivity index (χ1) is 11.5. The van der Waals surface area contributed by atoms with Gasteiger partial charge in [-0.3, -0.25) is 4.79 Å². The third-order valence-corrected chi connectivity index (χ3v) is 7.03. The molecule has 0 heterocycles. The van der Waals surface area contributed by atoms with Crippen molar-refractivity contribution in [1.29, 1.82) is 0 Å². The maximum Gasteiger partial charge on any atom is 0.229 e. The Hall–Kier alpha value is -2.26. The first-order valence-electron chi connectivity index (χ1n) is 7.92. The Balaban J connectivity index is 2.66. The Kier molecular flexibility index (Phi) is 5.68. The molecule has 0 aliphatic heterocycles. The molecule has 3 N–H and O–H groups in total. The van der Waals surface area contributed by atoms with Crippen molar-refractivity contribution in [3.8, 4) is 0 Å². The van der Waals surface area contributed by atoms with Crippen LogP contribution in [0.3, 0.4) is 0 Å². The molecule has 0 bridgehead atoms. The van der Waals surface area contributed by atoms with E-state index in [1.807, 2.05) is 37.4 Å². The summed E-state index contributed by atoms with van der Waals surface area (Å²) in [4.78, 5) is 13.3. The van der Waals surface area contributed by atoms with Crippen LogP contribution in [0.1, 0.15) is 17.3 Å². The summed E-state index contributed by atoms with van der Waals surface area (Å²) < 4.78 is 13.6. The van der Waals surface area contributed by atoms with E-state index in [1.54, 1.807) is 33.2 Å². The lowest BCUT2D eigenvalue weighted by Gasteiger charge is -2.21. The predicted octanol–water partition coefficient (Wildman–Crippen LogP) is 3.66. The fourth-order valence-corrected chi connectivity index (χ4v) is 4.85. The minimum atomic E-state index is -3.21. The SMILES string of the molecule is CCP(=O)(C(=O)c1c(NC)cc(NC)cc1NC)c1ccccc1. The lowest BCUT2D eigenvalue weighted by atomic mass is 10.1. The quantitative estimate of drug-likeness (QED) is 0.668. The molecule has 0 fully saturated rings. The maximum absolute atomic E-state index is 13.6. The Morgan fingerprint density at radius 3 is 1.92 bits per heavy atom. The smallest absolute Gasteiger partial charge is 0.229 e. The number of benzene rings is 2. The van der Waals surface area contributed by atoms with Gasteiger partial charge in [0.2, 0.25) is 5.52 Å². The van der Waals surface area contributed by atoms with Crippen molar-refractivity contribution in [2.45, 2.75) is 6.92 Å². The van der Waals surface area contributed by atoms with E-state index in [4.69, 9.17) is 0 Å². The Morgan fingerprint density at radius 1 is 0.958 bits per heavy atom. The van der Waals surface area contributed by atoms with Crippen molar-refractivity contribution >= 4 is 35.0 Å². The number of rotatable bonds is 7. The van der Waals surface area contributed by atoms with E-state index >= 15 is 0 Å². The van der Waals surface area contributed by atoms with Crippen molar-refractivity contribution in [3.63, 3.8) is 0 Å². The largest absolute Gasteiger partial charge is 0.388 e. The zero-order valence-electron chi connectivity index (χ0n) is 14.5. The fraction of sp³-hybridized carbons (Fsp3) is 0.278. The van der Waals surface area contributed by atoms with Crippen LogP contribution in [-0.4, -0.2) is 32.8 Å². The standard InChI is InChI=1S/C18H24N3O2P/c1-5-24(23,14-9-7-6-8-10-14)18(22)17-15(20-3)11-13(19-2)12-16(17)21-4/h6-12,19-21H,5H2,1-4H3. The first kappa shape index (κ1) is 18.1. The molecule has 2 aromatic carbocycles. The second-order valence-electron chi connectivity index (χ2n) is 5.39. The topological polar surface area (TPSA) is 70.2 Å². The van der Waals surface area contributed by atoms with Crippen LogP contribution in [0.4, 0.5) is 17.1 Å². The molecule has 5 nitrogen and oxygen atoms in total. The van der Waals surface area contributed by atoms with Crippen LogP contribution < -0.4 is 21.3 Å². The van der Waals surface area contributed by atoms with E-state index in [0.29, 0.717) is 22.2 Å². The average Bonchev–Trinajstić information content (AvgIpc) is 2.66. The predicted molar refractivity (Wildman–Crippen MR) is 104 cm³/mol. The molecule has 128 valence electrons. The van der Waals surface area contributed by atoms with Gasteiger partial charge in [0.25, 0.3) is 0 Å². The summed E-state index contributed by atoms with van der Waals surface area (Å²) in [6, 6.07) is 12.7. The van der Waals surface area contributed by atoms with Gasteiger partial charge in [0.15, 0.2) is 7.14 Å². The van der Waals surface area contributed by atoms with E-state index < -0.39 is 7.14 Å². The van der Waals surface area contributed by atoms with E-state index in [9.17, 15) is 9.36 Å². The fourth-order valence-electron chi connectivity index (χ4n) is 2.70. The van der Waals surface area contributed by atoms with Crippen molar-refractivity contribution in [2.75, 3.05) is 43.3 Å². The summed E-state index contributed by atoms with van der Waals surface area (Å²) in [5.41, 5.74) is 2.29. The summed E-state index contributed by atoms with van der Waals surface area (Å²) in [7, 11) is 2.12. The number of nitrogens with one attached hydrogen (secondary N) is 3. The molecule has 6 heteroatoms. The molecular weight excluding hydrogens is 321 g/mol. The van der Waals surface area contributed by atoms with Gasteiger partial charge in [0.05, 0.1) is 5.56 Å². The summed E-state index contributed by atoms with van der Waals surface area (Å²) in [6.45, 7) is 1.80. The highest BCUT2D eigenvalue weighted by Gasteiger charge is 2.35. The molecule has 1 atom stereocenters. The van der Waals surface area contributed by atoms with Gasteiger partial charge in [-0.15, -0.1) is 0 Å². The number of carbonyl (C=O) groups is 1. The second-order valence-corrected chi connectivity index (χ2v) is 8.43. The van der Waals surface area contributed by atoms with Crippen molar-refractivity contribution < 1.29 is 9.36 Å². The number of hydrogen-bond donors (Lipinski definition) is 3. The molecule has 24 heavy (non-hydrogen) atoms. The minimum absolute atomic E-state index is 0.288. The molecule has 2 aromatic rings. The van der Waals surface area contributed by atoms with E-state index in [1.165, 1.54) is 0 Å². The lowest BCUT2D eigenvalue weighted by Crippen LogP contribution is -2.17. The molecule has 1 unspecified atom stereocenters. The minimum Gasteiger partial charge on any atom is -0.388 e. The molecule has 0 aromatic heterocycles. The monoisotopic (exact) mass is 345 g/mol. The van der Waals surface area contributed by atoms with Crippen LogP contribution in [0.25, 0.3) is 0 Å². The van der Waals surface area contributed by atoms with Gasteiger partial charge in [0.1, 0.15) is 0 Å². The van der Waals surface area contributed by atoms with Gasteiger partial charge >= 0.3 is 0 Å². The molecular formula is C18H24N3O2P. The summed E-state index contributed by atoms with van der Waals surface area (Å²) in [5, 5.41) is 9.77. The molecule has 0 saturated carbocycles. The van der Waals surface area contributed by atoms with Crippen molar-refractivity contribution in [3.05, 3.63) is 48.0 Å². The molecule has 0 aliphatic carbocycles. The Bertz CT molecular complexity index is 750. The number of carbonyl (C=O) groups excluding carboxylic acids is 1. The zero-order chi connectivity index (χ0) is 17.7. The van der Waals surface area contributed by atoms with Crippen LogP contribution in [-0.2, 0) is 4.57 Å². The third kappa shape index (κ3) is 3.17. The Labute approximate surface area is 143 Å². The molecule has 0 aliphatic rings. The van der Waals surface area contributed by atoms with Gasteiger partial charge in [0, 0.05) is 49.7 Å². The highest BCUT2D eigenvalue weighted by Crippen LogP contribution is 2.50. The first-order valence-corrected chi connectivity index (χ1v) is 9.81. The van der Waals surface area contributed by atoms with Gasteiger partial charge in [-0.1, -0.05) is 37.3 Å². The van der Waals surface area contributed by atoms with Gasteiger partial charge in [-0.2, -0.15) is 0 Å². The van der Waals surface area contributed by atoms with E-state index in [-0.39, 0.29) is 11.7 Å². The van der Waals surface area contributed by atoms with Crippen LogP contribution in [0.15, 0.2) is 42.5 Å². The highest BCUT2D eigenvalue weighted by atomic mass is 31.2. The van der Waals surface area contributed by atoms with Crippen molar-refractivity contribution in [1.82, 2.24) is 0 Å².